The van der Waals surface area contributed by atoms with Crippen LogP contribution in [0, 0.1) is 0 Å². The summed E-state index contributed by atoms with van der Waals surface area (Å²) in [6, 6.07) is 74.2. The minimum atomic E-state index is 0.608. The summed E-state index contributed by atoms with van der Waals surface area (Å²) in [4.78, 5) is 15.3. The molecule has 0 N–H and O–H groups in total. The molecule has 11 rings (SSSR count). The predicted octanol–water partition coefficient (Wildman–Crippen LogP) is 14.6. The first-order valence-corrected chi connectivity index (χ1v) is 19.8. The summed E-state index contributed by atoms with van der Waals surface area (Å²) < 4.78 is 6.80. The monoisotopic (exact) mass is 753 g/mol. The minimum absolute atomic E-state index is 0.608. The van der Waals surface area contributed by atoms with Crippen LogP contribution in [-0.4, -0.2) is 15.0 Å². The van der Waals surface area contributed by atoms with Crippen molar-refractivity contribution in [3.05, 3.63) is 212 Å². The third-order valence-electron chi connectivity index (χ3n) is 11.1. The highest BCUT2D eigenvalue weighted by atomic mass is 16.3. The lowest BCUT2D eigenvalue weighted by Gasteiger charge is -2.13. The molecule has 0 unspecified atom stereocenters. The van der Waals surface area contributed by atoms with E-state index in [0.29, 0.717) is 17.5 Å². The van der Waals surface area contributed by atoms with Crippen molar-refractivity contribution in [2.75, 3.05) is 0 Å². The fourth-order valence-corrected chi connectivity index (χ4v) is 8.26. The summed E-state index contributed by atoms with van der Waals surface area (Å²) in [5.41, 5.74) is 13.7. The lowest BCUT2D eigenvalue weighted by atomic mass is 9.91. The van der Waals surface area contributed by atoms with Crippen LogP contribution in [0.4, 0.5) is 0 Å². The molecule has 0 saturated carbocycles. The molecule has 0 saturated heterocycles. The first-order chi connectivity index (χ1) is 29.2. The highest BCUT2D eigenvalue weighted by molar-refractivity contribution is 6.22. The Morgan fingerprint density at radius 1 is 0.271 bits per heavy atom. The third kappa shape index (κ3) is 6.34. The number of furan rings is 1. The van der Waals surface area contributed by atoms with E-state index in [1.807, 2.05) is 60.7 Å². The second-order valence-corrected chi connectivity index (χ2v) is 14.8. The Balaban J connectivity index is 1.11. The zero-order valence-electron chi connectivity index (χ0n) is 32.0. The smallest absolute Gasteiger partial charge is 0.164 e. The molecule has 0 spiro atoms. The highest BCUT2D eigenvalue weighted by Crippen LogP contribution is 2.44. The lowest BCUT2D eigenvalue weighted by Crippen LogP contribution is -2.00. The summed E-state index contributed by atoms with van der Waals surface area (Å²) in [6.45, 7) is 0. The van der Waals surface area contributed by atoms with Gasteiger partial charge in [-0.2, -0.15) is 0 Å². The number of aromatic nitrogens is 3. The molecule has 276 valence electrons. The first kappa shape index (κ1) is 34.3. The Kier molecular flexibility index (Phi) is 8.45. The van der Waals surface area contributed by atoms with Gasteiger partial charge in [0.1, 0.15) is 11.2 Å². The molecule has 0 aliphatic rings. The van der Waals surface area contributed by atoms with Crippen LogP contribution in [0.2, 0.25) is 0 Å². The Morgan fingerprint density at radius 2 is 0.712 bits per heavy atom. The van der Waals surface area contributed by atoms with Crippen LogP contribution in [0.15, 0.2) is 217 Å². The van der Waals surface area contributed by atoms with Crippen LogP contribution < -0.4 is 0 Å². The third-order valence-corrected chi connectivity index (χ3v) is 11.1. The Labute approximate surface area is 341 Å². The standard InChI is InChI=1S/C55H35N3O/c1-5-17-36(18-6-1)42-32-43(37-19-7-2-8-20-37)34-44(33-42)40-25-15-26-41(31-40)45-29-16-30-50-51(45)49-35-48(46-27-13-14-28-47(46)52(49)59-50)55-57-53(38-21-9-3-10-22-38)56-54(58-55)39-23-11-4-12-24-39/h1-35H. The molecule has 0 aliphatic heterocycles. The maximum Gasteiger partial charge on any atom is 0.164 e. The van der Waals surface area contributed by atoms with Crippen molar-refractivity contribution in [3.63, 3.8) is 0 Å². The second kappa shape index (κ2) is 14.5. The molecule has 0 atom stereocenters. The van der Waals surface area contributed by atoms with E-state index in [0.717, 1.165) is 71.7 Å². The van der Waals surface area contributed by atoms with Crippen molar-refractivity contribution in [3.8, 4) is 78.7 Å². The van der Waals surface area contributed by atoms with E-state index in [4.69, 9.17) is 19.4 Å². The van der Waals surface area contributed by atoms with Crippen LogP contribution in [0.5, 0.6) is 0 Å². The number of rotatable bonds is 7. The van der Waals surface area contributed by atoms with Crippen LogP contribution in [-0.2, 0) is 0 Å². The largest absolute Gasteiger partial charge is 0.455 e. The average molecular weight is 754 g/mol. The van der Waals surface area contributed by atoms with E-state index in [1.165, 1.54) is 22.3 Å². The zero-order chi connectivity index (χ0) is 39.1. The molecule has 0 fully saturated rings. The zero-order valence-corrected chi connectivity index (χ0v) is 32.0. The highest BCUT2D eigenvalue weighted by Gasteiger charge is 2.21. The molecule has 2 heterocycles. The first-order valence-electron chi connectivity index (χ1n) is 19.8. The van der Waals surface area contributed by atoms with Crippen molar-refractivity contribution < 1.29 is 4.42 Å². The van der Waals surface area contributed by atoms with Gasteiger partial charge in [-0.15, -0.1) is 0 Å². The van der Waals surface area contributed by atoms with Gasteiger partial charge in [0, 0.05) is 32.8 Å². The molecular weight excluding hydrogens is 719 g/mol. The number of nitrogens with zero attached hydrogens (tertiary/aromatic N) is 3. The van der Waals surface area contributed by atoms with Gasteiger partial charge in [-0.3, -0.25) is 0 Å². The Morgan fingerprint density at radius 3 is 1.31 bits per heavy atom. The van der Waals surface area contributed by atoms with Gasteiger partial charge in [0.25, 0.3) is 0 Å². The van der Waals surface area contributed by atoms with Gasteiger partial charge in [0.2, 0.25) is 0 Å². The van der Waals surface area contributed by atoms with Gasteiger partial charge in [0.05, 0.1) is 0 Å². The van der Waals surface area contributed by atoms with Gasteiger partial charge in [-0.25, -0.2) is 15.0 Å². The summed E-state index contributed by atoms with van der Waals surface area (Å²) >= 11 is 0. The van der Waals surface area contributed by atoms with Gasteiger partial charge >= 0.3 is 0 Å². The Bertz CT molecular complexity index is 3190. The maximum absolute atomic E-state index is 6.80. The van der Waals surface area contributed by atoms with E-state index in [-0.39, 0.29) is 0 Å². The summed E-state index contributed by atoms with van der Waals surface area (Å²) in [7, 11) is 0. The van der Waals surface area contributed by atoms with Crippen LogP contribution in [0.25, 0.3) is 111 Å². The molecule has 59 heavy (non-hydrogen) atoms. The fraction of sp³-hybridized carbons (Fsp3) is 0. The van der Waals surface area contributed by atoms with Crippen LogP contribution >= 0.6 is 0 Å². The van der Waals surface area contributed by atoms with E-state index in [1.54, 1.807) is 0 Å². The number of benzene rings is 9. The van der Waals surface area contributed by atoms with E-state index >= 15 is 0 Å². The number of fused-ring (bicyclic) bond motifs is 5. The van der Waals surface area contributed by atoms with E-state index in [2.05, 4.69) is 152 Å². The summed E-state index contributed by atoms with van der Waals surface area (Å²) in [5, 5.41) is 4.08. The number of hydrogen-bond donors (Lipinski definition) is 0. The average Bonchev–Trinajstić information content (AvgIpc) is 3.71. The van der Waals surface area contributed by atoms with E-state index < -0.39 is 0 Å². The molecule has 2 aromatic heterocycles. The minimum Gasteiger partial charge on any atom is -0.455 e. The molecule has 4 nitrogen and oxygen atoms in total. The maximum atomic E-state index is 6.80. The predicted molar refractivity (Wildman–Crippen MR) is 243 cm³/mol. The molecule has 4 heteroatoms. The van der Waals surface area contributed by atoms with Gasteiger partial charge in [0.15, 0.2) is 17.5 Å². The normalized spacial score (nSPS) is 11.4. The summed E-state index contributed by atoms with van der Waals surface area (Å²) in [5.74, 6) is 1.86. The molecule has 0 amide bonds. The van der Waals surface area contributed by atoms with Gasteiger partial charge in [-0.1, -0.05) is 176 Å². The topological polar surface area (TPSA) is 51.8 Å². The lowest BCUT2D eigenvalue weighted by molar-refractivity contribution is 0.673. The van der Waals surface area contributed by atoms with Crippen LogP contribution in [0.3, 0.4) is 0 Å². The molecule has 9 aromatic carbocycles. The van der Waals surface area contributed by atoms with Gasteiger partial charge < -0.3 is 4.42 Å². The number of hydrogen-bond acceptors (Lipinski definition) is 4. The van der Waals surface area contributed by atoms with E-state index in [9.17, 15) is 0 Å². The SMILES string of the molecule is c1ccc(-c2cc(-c3ccccc3)cc(-c3cccc(-c4cccc5oc6c7ccccc7c(-c7nc(-c8ccccc8)nc(-c8ccccc8)n7)cc6c45)c3)c2)cc1. The Hall–Kier alpha value is -7.95. The second-order valence-electron chi connectivity index (χ2n) is 14.8. The van der Waals surface area contributed by atoms with Crippen molar-refractivity contribution in [2.45, 2.75) is 0 Å². The molecular formula is C55H35N3O. The molecule has 0 aliphatic carbocycles. The van der Waals surface area contributed by atoms with Gasteiger partial charge in [-0.05, 0) is 86.3 Å². The van der Waals surface area contributed by atoms with Crippen molar-refractivity contribution in [1.29, 1.82) is 0 Å². The van der Waals surface area contributed by atoms with Crippen LogP contribution in [0.1, 0.15) is 0 Å². The summed E-state index contributed by atoms with van der Waals surface area (Å²) in [6.07, 6.45) is 0. The fourth-order valence-electron chi connectivity index (χ4n) is 8.26. The quantitative estimate of drug-likeness (QED) is 0.163. The molecule has 0 radical (unpaired) electrons. The van der Waals surface area contributed by atoms with Crippen molar-refractivity contribution in [1.82, 2.24) is 15.0 Å². The van der Waals surface area contributed by atoms with Crippen molar-refractivity contribution >= 4 is 32.7 Å². The van der Waals surface area contributed by atoms with Crippen molar-refractivity contribution in [2.24, 2.45) is 0 Å². The molecule has 11 aromatic rings. The molecule has 0 bridgehead atoms.